The molecule has 11 aromatic rings. The molecule has 9 nitrogen and oxygen atoms in total. The number of hydrogen-bond donors (Lipinski definition) is 0. The van der Waals surface area contributed by atoms with Gasteiger partial charge in [0.25, 0.3) is 0 Å². The molecule has 0 N–H and O–H groups in total. The third-order valence-corrected chi connectivity index (χ3v) is 18.4. The van der Waals surface area contributed by atoms with Crippen LogP contribution in [0.15, 0.2) is 176 Å². The van der Waals surface area contributed by atoms with Gasteiger partial charge in [0.2, 0.25) is 35.7 Å². The van der Waals surface area contributed by atoms with Crippen LogP contribution in [0.4, 0.5) is 0 Å². The summed E-state index contributed by atoms with van der Waals surface area (Å²) in [6, 6.07) is 61.5. The topological polar surface area (TPSA) is 97.8 Å². The van der Waals surface area contributed by atoms with E-state index in [2.05, 4.69) is 300 Å². The van der Waals surface area contributed by atoms with Gasteiger partial charge in [0.05, 0.1) is 89.8 Å². The zero-order valence-electron chi connectivity index (χ0n) is 57.6. The summed E-state index contributed by atoms with van der Waals surface area (Å²) < 4.78 is 13.2. The lowest BCUT2D eigenvalue weighted by Crippen LogP contribution is -2.39. The Kier molecular flexibility index (Phi) is 20.1. The Bertz CT molecular complexity index is 4590. The lowest BCUT2D eigenvalue weighted by atomic mass is 9.82. The number of rotatable bonds is 12. The van der Waals surface area contributed by atoms with Crippen LogP contribution in [-0.2, 0) is 21.1 Å². The average molecular weight is 1210 g/mol. The Morgan fingerprint density at radius 2 is 0.598 bits per heavy atom. The van der Waals surface area contributed by atoms with Crippen molar-refractivity contribution in [2.24, 2.45) is 21.1 Å². The molecule has 0 amide bonds. The van der Waals surface area contributed by atoms with E-state index in [1.807, 2.05) is 54.6 Å². The Morgan fingerprint density at radius 3 is 0.891 bits per heavy atom. The minimum atomic E-state index is 0.390. The van der Waals surface area contributed by atoms with E-state index in [9.17, 15) is 15.8 Å². The van der Waals surface area contributed by atoms with Crippen molar-refractivity contribution in [3.63, 3.8) is 0 Å². The summed E-state index contributed by atoms with van der Waals surface area (Å²) in [6.07, 6.45) is 6.72. The van der Waals surface area contributed by atoms with Crippen molar-refractivity contribution in [2.45, 2.75) is 134 Å². The van der Waals surface area contributed by atoms with Gasteiger partial charge in [0, 0.05) is 34.9 Å². The Morgan fingerprint density at radius 1 is 0.304 bits per heavy atom. The molecular weight excluding hydrogens is 1120 g/mol. The lowest BCUT2D eigenvalue weighted by molar-refractivity contribution is -0.683. The third kappa shape index (κ3) is 13.4. The van der Waals surface area contributed by atoms with Crippen molar-refractivity contribution in [2.75, 3.05) is 0 Å². The minimum Gasteiger partial charge on any atom is -0.192 e. The molecule has 0 bridgehead atoms. The summed E-state index contributed by atoms with van der Waals surface area (Å²) in [7, 11) is 6.29. The smallest absolute Gasteiger partial charge is 0.192 e. The Balaban J connectivity index is 0.000000164. The average Bonchev–Trinajstić information content (AvgIpc) is 1.58. The summed E-state index contributed by atoms with van der Waals surface area (Å²) in [4.78, 5) is 0. The minimum absolute atomic E-state index is 0.390. The van der Waals surface area contributed by atoms with Crippen LogP contribution in [0.25, 0.3) is 72.7 Å². The monoisotopic (exact) mass is 1210 g/mol. The van der Waals surface area contributed by atoms with Gasteiger partial charge >= 0.3 is 0 Å². The second kappa shape index (κ2) is 27.9. The maximum atomic E-state index is 9.28. The van der Waals surface area contributed by atoms with Gasteiger partial charge in [-0.25, -0.2) is 0 Å². The molecular formula is C83H90N9+3. The van der Waals surface area contributed by atoms with E-state index < -0.39 is 0 Å². The van der Waals surface area contributed by atoms with Gasteiger partial charge in [0.15, 0.2) is 0 Å². The first-order valence-electron chi connectivity index (χ1n) is 32.2. The predicted octanol–water partition coefficient (Wildman–Crippen LogP) is 18.8. The highest BCUT2D eigenvalue weighted by Gasteiger charge is 2.30. The maximum Gasteiger partial charge on any atom is 0.238 e. The molecule has 0 saturated heterocycles. The van der Waals surface area contributed by atoms with E-state index in [1.165, 1.54) is 106 Å². The molecule has 0 unspecified atom stereocenters. The second-order valence-electron chi connectivity index (χ2n) is 26.0. The van der Waals surface area contributed by atoms with Crippen molar-refractivity contribution >= 4 is 0 Å². The third-order valence-electron chi connectivity index (χ3n) is 18.4. The molecule has 92 heavy (non-hydrogen) atoms. The normalized spacial score (nSPS) is 11.1. The van der Waals surface area contributed by atoms with Crippen LogP contribution in [0, 0.1) is 89.4 Å². The molecule has 11 rings (SSSR count). The molecule has 8 aromatic carbocycles. The first-order chi connectivity index (χ1) is 43.9. The molecule has 0 aliphatic carbocycles. The van der Waals surface area contributed by atoms with Crippen molar-refractivity contribution in [1.82, 2.24) is 14.0 Å². The van der Waals surface area contributed by atoms with E-state index >= 15 is 0 Å². The van der Waals surface area contributed by atoms with Crippen LogP contribution in [0.2, 0.25) is 0 Å². The predicted molar refractivity (Wildman–Crippen MR) is 376 cm³/mol. The fourth-order valence-corrected chi connectivity index (χ4v) is 13.0. The van der Waals surface area contributed by atoms with Crippen molar-refractivity contribution in [1.29, 1.82) is 15.8 Å². The van der Waals surface area contributed by atoms with Gasteiger partial charge in [-0.2, -0.15) is 29.8 Å². The molecule has 0 aliphatic heterocycles. The summed E-state index contributed by atoms with van der Waals surface area (Å²) in [6.45, 7) is 35.3. The highest BCUT2D eigenvalue weighted by Crippen LogP contribution is 2.42. The van der Waals surface area contributed by atoms with Gasteiger partial charge in [-0.05, 0) is 188 Å². The summed E-state index contributed by atoms with van der Waals surface area (Å²) >= 11 is 0. The molecule has 3 heterocycles. The fraction of sp³-hybridized carbons (Fsp3) is 0.277. The highest BCUT2D eigenvalue weighted by molar-refractivity contribution is 5.80. The lowest BCUT2D eigenvalue weighted by Gasteiger charge is -2.21. The van der Waals surface area contributed by atoms with Crippen LogP contribution < -0.4 is 14.0 Å². The van der Waals surface area contributed by atoms with Crippen LogP contribution in [-0.4, -0.2) is 14.0 Å². The number of hydrogen-bond acceptors (Lipinski definition) is 3. The molecule has 3 aromatic heterocycles. The van der Waals surface area contributed by atoms with E-state index in [0.717, 1.165) is 33.8 Å². The van der Waals surface area contributed by atoms with Crippen LogP contribution >= 0.6 is 0 Å². The Hall–Kier alpha value is -10.1. The van der Waals surface area contributed by atoms with Crippen LogP contribution in [0.5, 0.6) is 0 Å². The first kappa shape index (κ1) is 66.3. The first-order valence-corrected chi connectivity index (χ1v) is 32.2. The quantitative estimate of drug-likeness (QED) is 0.114. The Labute approximate surface area is 547 Å². The van der Waals surface area contributed by atoms with E-state index in [1.54, 1.807) is 0 Å². The maximum absolute atomic E-state index is 9.28. The fourth-order valence-electron chi connectivity index (χ4n) is 13.0. The number of aromatic nitrogens is 6. The second-order valence-corrected chi connectivity index (χ2v) is 26.0. The molecule has 9 heteroatoms. The van der Waals surface area contributed by atoms with Crippen molar-refractivity contribution in [3.8, 4) is 90.9 Å². The molecule has 0 spiro atoms. The van der Waals surface area contributed by atoms with E-state index in [0.29, 0.717) is 40.4 Å². The summed E-state index contributed by atoms with van der Waals surface area (Å²) in [5.41, 5.74) is 33.1. The number of nitriles is 3. The van der Waals surface area contributed by atoms with Gasteiger partial charge in [-0.3, -0.25) is 0 Å². The van der Waals surface area contributed by atoms with Crippen LogP contribution in [0.3, 0.4) is 0 Å². The largest absolute Gasteiger partial charge is 0.238 e. The molecule has 0 fully saturated rings. The molecule has 464 valence electrons. The SMILES string of the molecule is Cc1cc(C#N)ccc1-[n+]1cc(-c2c(C(C)C)cc(-c3ccccc3)cc2C(C)C)c(C)n1C.Cc1cc(C#N)ccc1-[n+]1cc(-c2c(C(C)C)cccc2C(C)C)c(C)n1C.Cc1cc(C#N)ccc1-[n+]1cc(-c2c(C)cc(-c3ccccc3)cc2C)c(C)n1C. The number of benzene rings is 8. The molecule has 0 aliphatic rings. The standard InChI is InChI=1S/C31H34N3.C27H26N3.C25H30N3/c1-20(2)27-16-26(25-11-9-8-10-12-25)17-28(21(3)4)31(27)29-19-34(33(7)23(29)6)30-14-13-24(18-32)15-22(30)5;1-18-13-22(16-28)11-12-26(18)30-17-25(21(4)29(30)5)27-19(2)14-24(15-20(27)3)23-9-7-6-8-10-23;1-16(2)21-9-8-10-22(17(3)4)25(21)23-15-28(27(7)19(23)6)24-12-11-20(14-26)13-18(24)5/h8-17,19-21H,1-7H3;6-15,17H,1-5H3;8-13,15-17H,1-7H3/q3*+1. The van der Waals surface area contributed by atoms with E-state index in [4.69, 9.17) is 0 Å². The zero-order valence-corrected chi connectivity index (χ0v) is 57.6. The summed E-state index contributed by atoms with van der Waals surface area (Å²) in [5, 5.41) is 27.6. The molecule has 0 radical (unpaired) electrons. The van der Waals surface area contributed by atoms with Crippen molar-refractivity contribution in [3.05, 3.63) is 260 Å². The zero-order chi connectivity index (χ0) is 66.6. The number of nitrogens with zero attached hydrogens (tertiary/aromatic N) is 9. The van der Waals surface area contributed by atoms with Gasteiger partial charge < -0.3 is 0 Å². The van der Waals surface area contributed by atoms with Gasteiger partial charge in [0.1, 0.15) is 0 Å². The molecule has 0 saturated carbocycles. The van der Waals surface area contributed by atoms with Crippen molar-refractivity contribution < 1.29 is 14.0 Å². The number of aryl methyl sites for hydroxylation is 5. The van der Waals surface area contributed by atoms with E-state index in [-0.39, 0.29) is 0 Å². The van der Waals surface area contributed by atoms with Gasteiger partial charge in [-0.1, -0.05) is 173 Å². The summed E-state index contributed by atoms with van der Waals surface area (Å²) in [5.74, 6) is 1.69. The van der Waals surface area contributed by atoms with Gasteiger partial charge in [-0.15, -0.1) is 0 Å². The highest BCUT2D eigenvalue weighted by atomic mass is 15.4. The molecule has 0 atom stereocenters. The van der Waals surface area contributed by atoms with Crippen LogP contribution in [0.1, 0.15) is 163 Å².